The Morgan fingerprint density at radius 1 is 1.25 bits per heavy atom. The molecular formula is C16H16N2O2. The van der Waals surface area contributed by atoms with Gasteiger partial charge in [0.05, 0.1) is 25.3 Å². The van der Waals surface area contributed by atoms with Crippen LogP contribution >= 0.6 is 0 Å². The zero-order valence-electron chi connectivity index (χ0n) is 11.1. The Kier molecular flexibility index (Phi) is 3.37. The fourth-order valence-corrected chi connectivity index (χ4v) is 2.57. The van der Waals surface area contributed by atoms with E-state index in [1.54, 1.807) is 6.34 Å². The first-order valence-electron chi connectivity index (χ1n) is 6.67. The van der Waals surface area contributed by atoms with Gasteiger partial charge in [0.1, 0.15) is 0 Å². The second kappa shape index (κ2) is 5.33. The summed E-state index contributed by atoms with van der Waals surface area (Å²) < 4.78 is 0. The number of fused-ring (bicyclic) bond motifs is 1. The highest BCUT2D eigenvalue weighted by Crippen LogP contribution is 2.19. The molecule has 20 heavy (non-hydrogen) atoms. The Bertz CT molecular complexity index is 666. The van der Waals surface area contributed by atoms with Crippen LogP contribution in [-0.2, 0) is 11.3 Å². The van der Waals surface area contributed by atoms with Crippen LogP contribution < -0.4 is 0 Å². The molecule has 0 aromatic heterocycles. The largest absolute Gasteiger partial charge is 0.481 e. The quantitative estimate of drug-likeness (QED) is 0.927. The molecule has 4 heteroatoms. The van der Waals surface area contributed by atoms with Crippen molar-refractivity contribution in [2.45, 2.75) is 19.0 Å². The fourth-order valence-electron chi connectivity index (χ4n) is 2.57. The molecule has 1 aliphatic rings. The van der Waals surface area contributed by atoms with E-state index in [9.17, 15) is 4.79 Å². The normalized spacial score (nSPS) is 17.8. The molecule has 1 unspecified atom stereocenters. The molecule has 0 bridgehead atoms. The fraction of sp³-hybridized carbons (Fsp3) is 0.250. The molecular weight excluding hydrogens is 252 g/mol. The number of aliphatic carboxylic acids is 1. The number of hydrogen-bond donors (Lipinski definition) is 1. The van der Waals surface area contributed by atoms with Gasteiger partial charge in [-0.3, -0.25) is 9.79 Å². The lowest BCUT2D eigenvalue weighted by atomic mass is 10.1. The second-order valence-corrected chi connectivity index (χ2v) is 5.09. The minimum atomic E-state index is -0.774. The van der Waals surface area contributed by atoms with Gasteiger partial charge >= 0.3 is 5.97 Å². The van der Waals surface area contributed by atoms with Crippen LogP contribution in [0.15, 0.2) is 47.5 Å². The topological polar surface area (TPSA) is 52.9 Å². The van der Waals surface area contributed by atoms with E-state index in [0.29, 0.717) is 13.1 Å². The molecule has 0 saturated carbocycles. The highest BCUT2D eigenvalue weighted by molar-refractivity contribution is 5.83. The summed E-state index contributed by atoms with van der Waals surface area (Å²) in [5.41, 5.74) is 1.17. The maximum atomic E-state index is 10.8. The molecule has 0 aliphatic carbocycles. The Morgan fingerprint density at radius 2 is 2.05 bits per heavy atom. The van der Waals surface area contributed by atoms with E-state index < -0.39 is 5.97 Å². The van der Waals surface area contributed by atoms with Crippen molar-refractivity contribution in [3.63, 3.8) is 0 Å². The molecule has 0 amide bonds. The van der Waals surface area contributed by atoms with E-state index in [1.165, 1.54) is 16.3 Å². The van der Waals surface area contributed by atoms with Gasteiger partial charge in [-0.1, -0.05) is 36.4 Å². The molecule has 0 fully saturated rings. The summed E-state index contributed by atoms with van der Waals surface area (Å²) in [6, 6.07) is 14.5. The summed E-state index contributed by atoms with van der Waals surface area (Å²) in [4.78, 5) is 17.1. The second-order valence-electron chi connectivity index (χ2n) is 5.09. The molecule has 2 aromatic rings. The third-order valence-electron chi connectivity index (χ3n) is 3.60. The zero-order chi connectivity index (χ0) is 13.9. The molecule has 1 heterocycles. The summed E-state index contributed by atoms with van der Waals surface area (Å²) in [6.45, 7) is 1.27. The molecule has 1 N–H and O–H groups in total. The number of carboxylic acids is 1. The minimum absolute atomic E-state index is 0.0287. The minimum Gasteiger partial charge on any atom is -0.481 e. The van der Waals surface area contributed by atoms with Crippen LogP contribution in [0.1, 0.15) is 12.0 Å². The average Bonchev–Trinajstić information content (AvgIpc) is 2.85. The SMILES string of the molecule is O=C(O)CC1CN=CN1Cc1ccc2ccccc2c1. The molecule has 1 aliphatic heterocycles. The predicted molar refractivity (Wildman–Crippen MR) is 78.9 cm³/mol. The van der Waals surface area contributed by atoms with Crippen molar-refractivity contribution in [1.29, 1.82) is 0 Å². The van der Waals surface area contributed by atoms with E-state index in [1.807, 2.05) is 17.0 Å². The van der Waals surface area contributed by atoms with Crippen LogP contribution in [0.4, 0.5) is 0 Å². The van der Waals surface area contributed by atoms with Crippen LogP contribution in [0, 0.1) is 0 Å². The summed E-state index contributed by atoms with van der Waals surface area (Å²) in [5, 5.41) is 11.3. The highest BCUT2D eigenvalue weighted by Gasteiger charge is 2.22. The Balaban J connectivity index is 1.78. The Labute approximate surface area is 117 Å². The van der Waals surface area contributed by atoms with Crippen molar-refractivity contribution < 1.29 is 9.90 Å². The summed E-state index contributed by atoms with van der Waals surface area (Å²) in [7, 11) is 0. The number of rotatable bonds is 4. The first kappa shape index (κ1) is 12.7. The van der Waals surface area contributed by atoms with E-state index in [-0.39, 0.29) is 12.5 Å². The molecule has 0 spiro atoms. The van der Waals surface area contributed by atoms with Gasteiger partial charge in [-0.05, 0) is 22.4 Å². The highest BCUT2D eigenvalue weighted by atomic mass is 16.4. The number of hydrogen-bond acceptors (Lipinski definition) is 3. The maximum Gasteiger partial charge on any atom is 0.305 e. The lowest BCUT2D eigenvalue weighted by Crippen LogP contribution is -2.33. The lowest BCUT2D eigenvalue weighted by molar-refractivity contribution is -0.137. The van der Waals surface area contributed by atoms with E-state index >= 15 is 0 Å². The van der Waals surface area contributed by atoms with Crippen LogP contribution in [0.2, 0.25) is 0 Å². The predicted octanol–water partition coefficient (Wildman–Crippen LogP) is 2.53. The molecule has 3 rings (SSSR count). The van der Waals surface area contributed by atoms with E-state index in [0.717, 1.165) is 0 Å². The Morgan fingerprint density at radius 3 is 2.85 bits per heavy atom. The molecule has 0 saturated heterocycles. The van der Waals surface area contributed by atoms with Crippen molar-refractivity contribution in [2.24, 2.45) is 4.99 Å². The first-order valence-corrected chi connectivity index (χ1v) is 6.67. The van der Waals surface area contributed by atoms with Crippen LogP contribution in [-0.4, -0.2) is 34.9 Å². The van der Waals surface area contributed by atoms with Crippen LogP contribution in [0.5, 0.6) is 0 Å². The molecule has 0 radical (unpaired) electrons. The van der Waals surface area contributed by atoms with E-state index in [4.69, 9.17) is 5.11 Å². The summed E-state index contributed by atoms with van der Waals surface area (Å²) >= 11 is 0. The molecule has 2 aromatic carbocycles. The third kappa shape index (κ3) is 2.64. The van der Waals surface area contributed by atoms with Crippen molar-refractivity contribution >= 4 is 23.1 Å². The van der Waals surface area contributed by atoms with Gasteiger partial charge in [0.2, 0.25) is 0 Å². The van der Waals surface area contributed by atoms with Crippen LogP contribution in [0.25, 0.3) is 10.8 Å². The summed E-state index contributed by atoms with van der Waals surface area (Å²) in [5.74, 6) is -0.774. The van der Waals surface area contributed by atoms with Crippen LogP contribution in [0.3, 0.4) is 0 Å². The van der Waals surface area contributed by atoms with E-state index in [2.05, 4.69) is 35.3 Å². The lowest BCUT2D eigenvalue weighted by Gasteiger charge is -2.22. The van der Waals surface area contributed by atoms with Gasteiger partial charge < -0.3 is 10.0 Å². The smallest absolute Gasteiger partial charge is 0.305 e. The maximum absolute atomic E-state index is 10.8. The zero-order valence-corrected chi connectivity index (χ0v) is 11.1. The summed E-state index contributed by atoms with van der Waals surface area (Å²) in [6.07, 6.45) is 1.90. The number of carboxylic acid groups (broad SMARTS) is 1. The Hall–Kier alpha value is -2.36. The molecule has 1 atom stereocenters. The third-order valence-corrected chi connectivity index (χ3v) is 3.60. The van der Waals surface area contributed by atoms with Crippen molar-refractivity contribution in [2.75, 3.05) is 6.54 Å². The van der Waals surface area contributed by atoms with Crippen molar-refractivity contribution in [1.82, 2.24) is 4.90 Å². The first-order chi connectivity index (χ1) is 9.72. The van der Waals surface area contributed by atoms with Gasteiger partial charge in [-0.2, -0.15) is 0 Å². The van der Waals surface area contributed by atoms with Gasteiger partial charge in [0.25, 0.3) is 0 Å². The monoisotopic (exact) mass is 268 g/mol. The number of aliphatic imine (C=N–C) groups is 1. The van der Waals surface area contributed by atoms with Gasteiger partial charge in [-0.15, -0.1) is 0 Å². The number of benzene rings is 2. The van der Waals surface area contributed by atoms with Gasteiger partial charge in [-0.25, -0.2) is 0 Å². The van der Waals surface area contributed by atoms with Crippen molar-refractivity contribution in [3.8, 4) is 0 Å². The number of carbonyl (C=O) groups is 1. The average molecular weight is 268 g/mol. The standard InChI is InChI=1S/C16H16N2O2/c19-16(20)8-15-9-17-11-18(15)10-12-5-6-13-3-1-2-4-14(13)7-12/h1-7,11,15H,8-10H2,(H,19,20). The molecule has 102 valence electrons. The molecule has 4 nitrogen and oxygen atoms in total. The van der Waals surface area contributed by atoms with Gasteiger partial charge in [0, 0.05) is 6.54 Å². The van der Waals surface area contributed by atoms with Crippen molar-refractivity contribution in [3.05, 3.63) is 48.0 Å². The number of nitrogens with zero attached hydrogens (tertiary/aromatic N) is 2. The van der Waals surface area contributed by atoms with Gasteiger partial charge in [0.15, 0.2) is 0 Å².